The summed E-state index contributed by atoms with van der Waals surface area (Å²) in [7, 11) is 0. The molecule has 144 valence electrons. The number of hydrogen-bond donors (Lipinski definition) is 2. The second-order valence-corrected chi connectivity index (χ2v) is 6.09. The lowest BCUT2D eigenvalue weighted by atomic mass is 10.1. The van der Waals surface area contributed by atoms with Crippen molar-refractivity contribution in [1.82, 2.24) is 25.3 Å². The van der Waals surface area contributed by atoms with Gasteiger partial charge < -0.3 is 19.9 Å². The molecule has 3 amide bonds. The van der Waals surface area contributed by atoms with E-state index >= 15 is 0 Å². The Morgan fingerprint density at radius 3 is 2.65 bits per heavy atom. The number of amides is 3. The number of rotatable bonds is 8. The van der Waals surface area contributed by atoms with Crippen LogP contribution in [0.2, 0.25) is 0 Å². The highest BCUT2D eigenvalue weighted by molar-refractivity contribution is 5.93. The lowest BCUT2D eigenvalue weighted by Gasteiger charge is -2.28. The van der Waals surface area contributed by atoms with Gasteiger partial charge in [0.1, 0.15) is 18.3 Å². The lowest BCUT2D eigenvalue weighted by molar-refractivity contribution is -0.146. The predicted molar refractivity (Wildman–Crippen MR) is 94.4 cm³/mol. The molecule has 0 aliphatic carbocycles. The van der Waals surface area contributed by atoms with Crippen molar-refractivity contribution in [3.8, 4) is 0 Å². The maximum absolute atomic E-state index is 12.8. The summed E-state index contributed by atoms with van der Waals surface area (Å²) < 4.78 is 5.21. The third kappa shape index (κ3) is 4.60. The normalized spacial score (nSPS) is 19.4. The van der Waals surface area contributed by atoms with Gasteiger partial charge in [0.05, 0.1) is 0 Å². The summed E-state index contributed by atoms with van der Waals surface area (Å²) in [5.74, 6) is -0.644. The van der Waals surface area contributed by atoms with Crippen molar-refractivity contribution in [1.29, 1.82) is 0 Å². The molecule has 0 radical (unpaired) electrons. The van der Waals surface area contributed by atoms with Crippen molar-refractivity contribution < 1.29 is 19.1 Å². The summed E-state index contributed by atoms with van der Waals surface area (Å²) in [6.07, 6.45) is 1.88. The van der Waals surface area contributed by atoms with Gasteiger partial charge in [0.25, 0.3) is 5.91 Å². The number of carbonyl (C=O) groups is 3. The first kappa shape index (κ1) is 19.9. The Labute approximate surface area is 153 Å². The van der Waals surface area contributed by atoms with E-state index in [-0.39, 0.29) is 36.9 Å². The molecule has 0 aromatic carbocycles. The smallest absolute Gasteiger partial charge is 0.269 e. The van der Waals surface area contributed by atoms with Gasteiger partial charge in [0.15, 0.2) is 0 Å². The zero-order valence-corrected chi connectivity index (χ0v) is 15.5. The Balaban J connectivity index is 2.10. The molecule has 9 nitrogen and oxygen atoms in total. The SMILES string of the molecule is CCOCC(=O)N1C[C@H](NC(=O)c2ccn[nH]2)C[C@H]1C(=O)N(CC)CC. The predicted octanol–water partition coefficient (Wildman–Crippen LogP) is 0.0139. The number of nitrogens with one attached hydrogen (secondary N) is 2. The summed E-state index contributed by atoms with van der Waals surface area (Å²) in [6.45, 7) is 7.40. The Kier molecular flexibility index (Phi) is 7.14. The molecule has 1 aliphatic rings. The molecule has 2 N–H and O–H groups in total. The van der Waals surface area contributed by atoms with Crippen LogP contribution in [-0.4, -0.2) is 82.7 Å². The van der Waals surface area contributed by atoms with Crippen molar-refractivity contribution in [2.45, 2.75) is 39.3 Å². The number of aromatic amines is 1. The molecule has 1 fully saturated rings. The van der Waals surface area contributed by atoms with E-state index in [0.717, 1.165) is 0 Å². The van der Waals surface area contributed by atoms with Gasteiger partial charge in [-0.2, -0.15) is 5.10 Å². The Hall–Kier alpha value is -2.42. The highest BCUT2D eigenvalue weighted by atomic mass is 16.5. The third-order valence-corrected chi connectivity index (χ3v) is 4.49. The van der Waals surface area contributed by atoms with Crippen LogP contribution in [-0.2, 0) is 14.3 Å². The molecule has 0 bridgehead atoms. The fraction of sp³-hybridized carbons (Fsp3) is 0.647. The number of H-pyrrole nitrogens is 1. The van der Waals surface area contributed by atoms with Crippen molar-refractivity contribution in [3.63, 3.8) is 0 Å². The van der Waals surface area contributed by atoms with Gasteiger partial charge in [-0.1, -0.05) is 0 Å². The van der Waals surface area contributed by atoms with E-state index in [2.05, 4.69) is 15.5 Å². The summed E-state index contributed by atoms with van der Waals surface area (Å²) in [5.41, 5.74) is 0.343. The van der Waals surface area contributed by atoms with E-state index in [4.69, 9.17) is 4.74 Å². The van der Waals surface area contributed by atoms with Crippen LogP contribution in [0.5, 0.6) is 0 Å². The minimum absolute atomic E-state index is 0.0697. The van der Waals surface area contributed by atoms with Crippen LogP contribution in [0.1, 0.15) is 37.7 Å². The number of likely N-dealkylation sites (tertiary alicyclic amines) is 1. The van der Waals surface area contributed by atoms with Crippen LogP contribution in [0.3, 0.4) is 0 Å². The molecular formula is C17H27N5O4. The molecule has 0 spiro atoms. The first-order valence-corrected chi connectivity index (χ1v) is 8.97. The average molecular weight is 365 g/mol. The summed E-state index contributed by atoms with van der Waals surface area (Å²) in [4.78, 5) is 40.7. The second kappa shape index (κ2) is 9.33. The molecule has 1 aliphatic heterocycles. The molecular weight excluding hydrogens is 338 g/mol. The molecule has 0 saturated carbocycles. The van der Waals surface area contributed by atoms with E-state index in [9.17, 15) is 14.4 Å². The highest BCUT2D eigenvalue weighted by Gasteiger charge is 2.41. The van der Waals surface area contributed by atoms with Crippen molar-refractivity contribution in [2.75, 3.05) is 32.8 Å². The molecule has 1 aromatic rings. The largest absolute Gasteiger partial charge is 0.372 e. The maximum atomic E-state index is 12.8. The lowest BCUT2D eigenvalue weighted by Crippen LogP contribution is -2.48. The van der Waals surface area contributed by atoms with Crippen molar-refractivity contribution >= 4 is 17.7 Å². The zero-order chi connectivity index (χ0) is 19.1. The fourth-order valence-electron chi connectivity index (χ4n) is 3.11. The van der Waals surface area contributed by atoms with E-state index in [1.54, 1.807) is 11.0 Å². The van der Waals surface area contributed by atoms with E-state index in [1.807, 2.05) is 20.8 Å². The van der Waals surface area contributed by atoms with Crippen LogP contribution in [0.25, 0.3) is 0 Å². The van der Waals surface area contributed by atoms with Crippen LogP contribution in [0, 0.1) is 0 Å². The highest BCUT2D eigenvalue weighted by Crippen LogP contribution is 2.21. The molecule has 2 atom stereocenters. The van der Waals surface area contributed by atoms with Gasteiger partial charge in [-0.15, -0.1) is 0 Å². The minimum Gasteiger partial charge on any atom is -0.372 e. The monoisotopic (exact) mass is 365 g/mol. The van der Waals surface area contributed by atoms with Gasteiger partial charge in [-0.05, 0) is 33.3 Å². The van der Waals surface area contributed by atoms with Crippen LogP contribution >= 0.6 is 0 Å². The Morgan fingerprint density at radius 1 is 1.35 bits per heavy atom. The second-order valence-electron chi connectivity index (χ2n) is 6.09. The summed E-state index contributed by atoms with van der Waals surface area (Å²) >= 11 is 0. The molecule has 9 heteroatoms. The van der Waals surface area contributed by atoms with E-state index < -0.39 is 6.04 Å². The van der Waals surface area contributed by atoms with Gasteiger partial charge in [-0.25, -0.2) is 0 Å². The van der Waals surface area contributed by atoms with Gasteiger partial charge >= 0.3 is 0 Å². The number of ether oxygens (including phenoxy) is 1. The fourth-order valence-corrected chi connectivity index (χ4v) is 3.11. The molecule has 1 saturated heterocycles. The van der Waals surface area contributed by atoms with E-state index in [1.165, 1.54) is 11.1 Å². The molecule has 26 heavy (non-hydrogen) atoms. The average Bonchev–Trinajstić information content (AvgIpc) is 3.30. The number of likely N-dealkylation sites (N-methyl/N-ethyl adjacent to an activating group) is 1. The van der Waals surface area contributed by atoms with Crippen molar-refractivity contribution in [3.05, 3.63) is 18.0 Å². The number of nitrogens with zero attached hydrogens (tertiary/aromatic N) is 3. The number of hydrogen-bond acceptors (Lipinski definition) is 5. The standard InChI is InChI=1S/C17H27N5O4/c1-4-21(5-2)17(25)14-9-12(10-22(14)15(23)11-26-6-3)19-16(24)13-7-8-18-20-13/h7-8,12,14H,4-6,9-11H2,1-3H3,(H,18,20)(H,19,24)/t12-,14+/m1/s1. The van der Waals surface area contributed by atoms with Gasteiger partial charge in [0, 0.05) is 38.5 Å². The maximum Gasteiger partial charge on any atom is 0.269 e. The van der Waals surface area contributed by atoms with Crippen LogP contribution < -0.4 is 5.32 Å². The summed E-state index contributed by atoms with van der Waals surface area (Å²) in [6, 6.07) is 0.678. The van der Waals surface area contributed by atoms with Gasteiger partial charge in [-0.3, -0.25) is 19.5 Å². The molecule has 2 rings (SSSR count). The number of carbonyl (C=O) groups excluding carboxylic acids is 3. The Morgan fingerprint density at radius 2 is 2.08 bits per heavy atom. The molecule has 0 unspecified atom stereocenters. The van der Waals surface area contributed by atoms with Crippen LogP contribution in [0.15, 0.2) is 12.3 Å². The van der Waals surface area contributed by atoms with Crippen molar-refractivity contribution in [2.24, 2.45) is 0 Å². The summed E-state index contributed by atoms with van der Waals surface area (Å²) in [5, 5.41) is 9.23. The van der Waals surface area contributed by atoms with E-state index in [0.29, 0.717) is 31.8 Å². The first-order valence-electron chi connectivity index (χ1n) is 8.97. The topological polar surface area (TPSA) is 108 Å². The minimum atomic E-state index is -0.588. The van der Waals surface area contributed by atoms with Gasteiger partial charge in [0.2, 0.25) is 11.8 Å². The number of aromatic nitrogens is 2. The first-order chi connectivity index (χ1) is 12.5. The van der Waals surface area contributed by atoms with Crippen LogP contribution in [0.4, 0.5) is 0 Å². The Bertz CT molecular complexity index is 615. The molecule has 1 aromatic heterocycles. The quantitative estimate of drug-likeness (QED) is 0.675. The molecule has 2 heterocycles. The zero-order valence-electron chi connectivity index (χ0n) is 15.5. The third-order valence-electron chi connectivity index (χ3n) is 4.49.